The van der Waals surface area contributed by atoms with Gasteiger partial charge < -0.3 is 10.1 Å². The van der Waals surface area contributed by atoms with Crippen LogP contribution in [0.25, 0.3) is 22.2 Å². The van der Waals surface area contributed by atoms with E-state index in [4.69, 9.17) is 15.1 Å². The number of carbonyl (C=O) groups is 1. The van der Waals surface area contributed by atoms with Crippen LogP contribution >= 0.6 is 22.6 Å². The Balaban J connectivity index is 2.30. The van der Waals surface area contributed by atoms with Crippen LogP contribution in [0.3, 0.4) is 0 Å². The molecule has 0 spiro atoms. The smallest absolute Gasteiger partial charge is 0.213 e. The number of benzene rings is 2. The number of hydrogen-bond acceptors (Lipinski definition) is 4. The number of fused-ring (bicyclic) bond motifs is 1. The van der Waals surface area contributed by atoms with Gasteiger partial charge >= 0.3 is 0 Å². The van der Waals surface area contributed by atoms with E-state index in [2.05, 4.69) is 33.2 Å². The van der Waals surface area contributed by atoms with Crippen molar-refractivity contribution in [3.05, 3.63) is 51.6 Å². The average molecular weight is 460 g/mol. The van der Waals surface area contributed by atoms with Crippen molar-refractivity contribution in [2.45, 2.75) is 6.92 Å². The summed E-state index contributed by atoms with van der Waals surface area (Å²) < 4.78 is 6.45. The molecule has 26 heavy (non-hydrogen) atoms. The minimum Gasteiger partial charge on any atom is -0.494 e. The summed E-state index contributed by atoms with van der Waals surface area (Å²) in [4.78, 5) is 15.5. The second-order valence-corrected chi connectivity index (χ2v) is 6.77. The third-order valence-corrected chi connectivity index (χ3v) is 4.88. The number of anilines is 1. The van der Waals surface area contributed by atoms with Crippen molar-refractivity contribution in [1.82, 2.24) is 10.3 Å². The van der Waals surface area contributed by atoms with E-state index >= 15 is 0 Å². The predicted octanol–water partition coefficient (Wildman–Crippen LogP) is 3.92. The van der Waals surface area contributed by atoms with Crippen molar-refractivity contribution in [1.29, 1.82) is 5.41 Å². The molecule has 1 heterocycles. The highest BCUT2D eigenvalue weighted by Gasteiger charge is 2.16. The maximum Gasteiger partial charge on any atom is 0.213 e. The van der Waals surface area contributed by atoms with Gasteiger partial charge in [0.1, 0.15) is 11.3 Å². The van der Waals surface area contributed by atoms with Crippen LogP contribution in [0, 0.1) is 15.9 Å². The highest BCUT2D eigenvalue weighted by molar-refractivity contribution is 14.1. The van der Waals surface area contributed by atoms with Gasteiger partial charge in [-0.2, -0.15) is 0 Å². The van der Waals surface area contributed by atoms with Gasteiger partial charge in [0.05, 0.1) is 18.5 Å². The van der Waals surface area contributed by atoms with E-state index in [0.717, 1.165) is 25.8 Å². The Hall–Kier alpha value is -2.68. The molecule has 0 unspecified atom stereocenters. The van der Waals surface area contributed by atoms with Gasteiger partial charge in [-0.1, -0.05) is 24.3 Å². The first-order chi connectivity index (χ1) is 12.5. The summed E-state index contributed by atoms with van der Waals surface area (Å²) in [6.45, 7) is 2.02. The Bertz CT molecular complexity index is 1000. The number of nitrogens with zero attached hydrogens (tertiary/aromatic N) is 1. The first kappa shape index (κ1) is 18.1. The number of hydrogen-bond donors (Lipinski definition) is 3. The number of carbonyl (C=O) groups excluding carboxylic acids is 1. The Morgan fingerprint density at radius 3 is 2.73 bits per heavy atom. The van der Waals surface area contributed by atoms with Crippen LogP contribution in [-0.4, -0.2) is 24.5 Å². The Kier molecular flexibility index (Phi) is 5.36. The van der Waals surface area contributed by atoms with Gasteiger partial charge in [0.2, 0.25) is 6.41 Å². The van der Waals surface area contributed by atoms with Crippen molar-refractivity contribution in [2.24, 2.45) is 0 Å². The average Bonchev–Trinajstić information content (AvgIpc) is 2.62. The van der Waals surface area contributed by atoms with Crippen LogP contribution in [0.4, 0.5) is 5.69 Å². The van der Waals surface area contributed by atoms with Crippen molar-refractivity contribution in [3.63, 3.8) is 0 Å². The Labute approximate surface area is 164 Å². The third kappa shape index (κ3) is 3.48. The molecular weight excluding hydrogens is 443 g/mol. The number of aryl methyl sites for hydroxylation is 1. The van der Waals surface area contributed by atoms with Crippen LogP contribution in [-0.2, 0) is 4.79 Å². The SMILES string of the molecule is COc1ccc(I)c2c(NC(=N)NC=O)cc(-c3ccccc3C)nc12. The number of guanidine groups is 1. The van der Waals surface area contributed by atoms with Gasteiger partial charge in [-0.3, -0.25) is 15.5 Å². The number of amides is 1. The summed E-state index contributed by atoms with van der Waals surface area (Å²) in [5.41, 5.74) is 4.22. The molecular formula is C19H17IN4O2. The van der Waals surface area contributed by atoms with Gasteiger partial charge in [-0.15, -0.1) is 0 Å². The number of aromatic nitrogens is 1. The molecule has 0 fully saturated rings. The molecule has 3 aromatic rings. The fourth-order valence-corrected chi connectivity index (χ4v) is 3.49. The molecule has 3 N–H and O–H groups in total. The van der Waals surface area contributed by atoms with E-state index in [1.54, 1.807) is 7.11 Å². The molecule has 0 bridgehead atoms. The molecule has 1 amide bonds. The first-order valence-electron chi connectivity index (χ1n) is 7.84. The van der Waals surface area contributed by atoms with E-state index < -0.39 is 0 Å². The van der Waals surface area contributed by atoms with Gasteiger partial charge in [-0.05, 0) is 53.3 Å². The molecule has 1 aromatic heterocycles. The maximum atomic E-state index is 10.6. The Morgan fingerprint density at radius 2 is 2.04 bits per heavy atom. The molecule has 0 saturated heterocycles. The number of ether oxygens (including phenoxy) is 1. The molecule has 0 radical (unpaired) electrons. The van der Waals surface area contributed by atoms with E-state index in [1.165, 1.54) is 0 Å². The molecule has 0 aliphatic rings. The molecule has 2 aromatic carbocycles. The summed E-state index contributed by atoms with van der Waals surface area (Å²) in [7, 11) is 1.60. The predicted molar refractivity (Wildman–Crippen MR) is 112 cm³/mol. The molecule has 0 saturated carbocycles. The topological polar surface area (TPSA) is 87.1 Å². The fraction of sp³-hybridized carbons (Fsp3) is 0.105. The summed E-state index contributed by atoms with van der Waals surface area (Å²) in [6, 6.07) is 13.7. The van der Waals surface area contributed by atoms with Crippen molar-refractivity contribution in [2.75, 3.05) is 12.4 Å². The monoisotopic (exact) mass is 460 g/mol. The van der Waals surface area contributed by atoms with E-state index in [0.29, 0.717) is 23.4 Å². The standard InChI is InChI=1S/C19H17IN4O2/c1-11-5-3-4-6-12(11)14-9-15(24-19(21)22-10-25)17-13(20)7-8-16(26-2)18(17)23-14/h3-10H,1-2H3,(H3,21,22,23,24,25). The molecule has 3 rings (SSSR count). The first-order valence-corrected chi connectivity index (χ1v) is 8.92. The van der Waals surface area contributed by atoms with E-state index in [1.807, 2.05) is 49.4 Å². The maximum absolute atomic E-state index is 10.6. The number of halogens is 1. The number of nitrogens with one attached hydrogen (secondary N) is 3. The second-order valence-electron chi connectivity index (χ2n) is 5.61. The second kappa shape index (κ2) is 7.69. The third-order valence-electron chi connectivity index (χ3n) is 3.98. The molecule has 0 aliphatic carbocycles. The lowest BCUT2D eigenvalue weighted by Crippen LogP contribution is -2.28. The number of methoxy groups -OCH3 is 1. The largest absolute Gasteiger partial charge is 0.494 e. The van der Waals surface area contributed by atoms with Crippen molar-refractivity contribution in [3.8, 4) is 17.0 Å². The molecule has 7 heteroatoms. The molecule has 0 atom stereocenters. The van der Waals surface area contributed by atoms with Gasteiger partial charge in [0, 0.05) is 14.5 Å². The molecule has 132 valence electrons. The van der Waals surface area contributed by atoms with Crippen molar-refractivity contribution >= 4 is 51.6 Å². The minimum atomic E-state index is -0.109. The zero-order valence-corrected chi connectivity index (χ0v) is 16.4. The van der Waals surface area contributed by atoms with Crippen LogP contribution in [0.1, 0.15) is 5.56 Å². The molecule has 0 aliphatic heterocycles. The normalized spacial score (nSPS) is 10.4. The lowest BCUT2D eigenvalue weighted by molar-refractivity contribution is -0.108. The van der Waals surface area contributed by atoms with Crippen LogP contribution < -0.4 is 15.4 Å². The minimum absolute atomic E-state index is 0.109. The van der Waals surface area contributed by atoms with Crippen LogP contribution in [0.5, 0.6) is 5.75 Å². The van der Waals surface area contributed by atoms with Gasteiger partial charge in [-0.25, -0.2) is 4.98 Å². The highest BCUT2D eigenvalue weighted by atomic mass is 127. The van der Waals surface area contributed by atoms with E-state index in [9.17, 15) is 4.79 Å². The van der Waals surface area contributed by atoms with E-state index in [-0.39, 0.29) is 5.96 Å². The lowest BCUT2D eigenvalue weighted by atomic mass is 10.0. The van der Waals surface area contributed by atoms with Crippen LogP contribution in [0.15, 0.2) is 42.5 Å². The lowest BCUT2D eigenvalue weighted by Gasteiger charge is -2.16. The zero-order valence-electron chi connectivity index (χ0n) is 14.3. The summed E-state index contributed by atoms with van der Waals surface area (Å²) >= 11 is 2.22. The highest BCUT2D eigenvalue weighted by Crippen LogP contribution is 2.36. The molecule has 6 nitrogen and oxygen atoms in total. The summed E-state index contributed by atoms with van der Waals surface area (Å²) in [5, 5.41) is 14.0. The van der Waals surface area contributed by atoms with Gasteiger partial charge in [0.15, 0.2) is 5.96 Å². The fourth-order valence-electron chi connectivity index (χ4n) is 2.77. The van der Waals surface area contributed by atoms with Gasteiger partial charge in [0.25, 0.3) is 0 Å². The van der Waals surface area contributed by atoms with Crippen LogP contribution in [0.2, 0.25) is 0 Å². The quantitative estimate of drug-likeness (QED) is 0.239. The number of pyridine rings is 1. The summed E-state index contributed by atoms with van der Waals surface area (Å²) in [6.07, 6.45) is 0.465. The Morgan fingerprint density at radius 1 is 1.27 bits per heavy atom. The summed E-state index contributed by atoms with van der Waals surface area (Å²) in [5.74, 6) is 0.538. The number of rotatable bonds is 4. The van der Waals surface area contributed by atoms with Crippen molar-refractivity contribution < 1.29 is 9.53 Å². The zero-order chi connectivity index (χ0) is 18.7.